The Morgan fingerprint density at radius 1 is 0.510 bits per heavy atom. The number of unbranched alkanes of at least 4 members (excludes halogenated alkanes) is 2. The van der Waals surface area contributed by atoms with Gasteiger partial charge < -0.3 is 18.8 Å². The molecule has 0 fully saturated rings. The Balaban J connectivity index is 1.38. The van der Waals surface area contributed by atoms with Crippen LogP contribution in [0.25, 0.3) is 43.6 Å². The number of nitrogens with zero attached hydrogens (tertiary/aromatic N) is 3. The number of anilines is 3. The van der Waals surface area contributed by atoms with E-state index in [0.29, 0.717) is 11.8 Å². The monoisotopic (exact) mass is 677 g/mol. The van der Waals surface area contributed by atoms with E-state index in [9.17, 15) is 0 Å². The Morgan fingerprint density at radius 2 is 0.941 bits per heavy atom. The molecule has 7 aromatic rings. The van der Waals surface area contributed by atoms with Crippen LogP contribution in [0.4, 0.5) is 17.1 Å². The van der Waals surface area contributed by atoms with Crippen molar-refractivity contribution in [2.45, 2.75) is 92.2 Å². The molecule has 0 saturated heterocycles. The Kier molecular flexibility index (Phi) is 10.7. The highest BCUT2D eigenvalue weighted by atomic mass is 16.5. The molecule has 5 aromatic carbocycles. The van der Waals surface area contributed by atoms with E-state index in [1.54, 1.807) is 7.11 Å². The first-order valence-corrected chi connectivity index (χ1v) is 19.5. The van der Waals surface area contributed by atoms with Crippen LogP contribution in [0, 0.1) is 11.8 Å². The molecule has 0 radical (unpaired) electrons. The summed E-state index contributed by atoms with van der Waals surface area (Å²) in [5.74, 6) is 2.21. The van der Waals surface area contributed by atoms with Crippen LogP contribution >= 0.6 is 0 Å². The van der Waals surface area contributed by atoms with Gasteiger partial charge in [0.1, 0.15) is 5.75 Å². The quantitative estimate of drug-likeness (QED) is 0.102. The number of benzene rings is 5. The van der Waals surface area contributed by atoms with Gasteiger partial charge in [-0.15, -0.1) is 0 Å². The van der Waals surface area contributed by atoms with Crippen molar-refractivity contribution in [2.75, 3.05) is 12.0 Å². The second-order valence-electron chi connectivity index (χ2n) is 14.5. The van der Waals surface area contributed by atoms with E-state index in [2.05, 4.69) is 151 Å². The molecule has 0 aliphatic heterocycles. The van der Waals surface area contributed by atoms with Gasteiger partial charge in [-0.05, 0) is 97.5 Å². The number of rotatable bonds is 16. The topological polar surface area (TPSA) is 22.3 Å². The van der Waals surface area contributed by atoms with Crippen LogP contribution in [0.3, 0.4) is 0 Å². The fourth-order valence-electron chi connectivity index (χ4n) is 8.28. The van der Waals surface area contributed by atoms with Gasteiger partial charge >= 0.3 is 0 Å². The van der Waals surface area contributed by atoms with Gasteiger partial charge in [0.25, 0.3) is 0 Å². The summed E-state index contributed by atoms with van der Waals surface area (Å²) in [4.78, 5) is 2.42. The number of aromatic nitrogens is 2. The highest BCUT2D eigenvalue weighted by molar-refractivity contribution is 6.11. The molecule has 264 valence electrons. The third-order valence-electron chi connectivity index (χ3n) is 11.3. The zero-order valence-corrected chi connectivity index (χ0v) is 31.4. The lowest BCUT2D eigenvalue weighted by atomic mass is 9.99. The summed E-state index contributed by atoms with van der Waals surface area (Å²) in [5, 5.41) is 5.26. The summed E-state index contributed by atoms with van der Waals surface area (Å²) in [6.45, 7) is 11.4. The molecular weight excluding hydrogens is 623 g/mol. The van der Waals surface area contributed by atoms with E-state index < -0.39 is 0 Å². The maximum Gasteiger partial charge on any atom is 0.119 e. The van der Waals surface area contributed by atoms with Gasteiger partial charge in [0, 0.05) is 73.8 Å². The maximum absolute atomic E-state index is 5.58. The Bertz CT molecular complexity index is 2090. The van der Waals surface area contributed by atoms with Gasteiger partial charge in [0.05, 0.1) is 7.11 Å². The molecule has 4 nitrogen and oxygen atoms in total. The van der Waals surface area contributed by atoms with Crippen LogP contribution in [0.5, 0.6) is 5.75 Å². The maximum atomic E-state index is 5.58. The predicted octanol–water partition coefficient (Wildman–Crippen LogP) is 13.8. The number of hydrogen-bond donors (Lipinski definition) is 0. The van der Waals surface area contributed by atoms with E-state index in [4.69, 9.17) is 4.74 Å². The molecule has 0 N–H and O–H groups in total. The molecule has 0 saturated carbocycles. The van der Waals surface area contributed by atoms with Crippen molar-refractivity contribution in [2.24, 2.45) is 11.8 Å². The fourth-order valence-corrected chi connectivity index (χ4v) is 8.28. The second kappa shape index (κ2) is 15.7. The van der Waals surface area contributed by atoms with Gasteiger partial charge in [-0.3, -0.25) is 0 Å². The first kappa shape index (κ1) is 34.7. The molecule has 7 rings (SSSR count). The molecule has 0 bridgehead atoms. The van der Waals surface area contributed by atoms with Crippen LogP contribution in [-0.2, 0) is 13.1 Å². The minimum atomic E-state index is 0.674. The average molecular weight is 678 g/mol. The van der Waals surface area contributed by atoms with Crippen molar-refractivity contribution in [1.29, 1.82) is 0 Å². The third-order valence-corrected chi connectivity index (χ3v) is 11.3. The summed E-state index contributed by atoms with van der Waals surface area (Å²) in [7, 11) is 1.73. The summed E-state index contributed by atoms with van der Waals surface area (Å²) < 4.78 is 10.8. The second-order valence-corrected chi connectivity index (χ2v) is 14.5. The molecule has 0 aliphatic rings. The normalized spacial score (nSPS) is 13.0. The molecule has 4 heteroatoms. The van der Waals surface area contributed by atoms with E-state index in [0.717, 1.165) is 35.9 Å². The van der Waals surface area contributed by atoms with Crippen LogP contribution in [0.1, 0.15) is 79.1 Å². The average Bonchev–Trinajstić information content (AvgIpc) is 3.66. The first-order valence-electron chi connectivity index (χ1n) is 19.5. The molecule has 2 atom stereocenters. The molecule has 0 amide bonds. The van der Waals surface area contributed by atoms with Crippen LogP contribution in [-0.4, -0.2) is 16.2 Å². The Labute approximate surface area is 304 Å². The van der Waals surface area contributed by atoms with E-state index in [-0.39, 0.29) is 0 Å². The van der Waals surface area contributed by atoms with Crippen molar-refractivity contribution in [3.63, 3.8) is 0 Å². The summed E-state index contributed by atoms with van der Waals surface area (Å²) in [6.07, 6.45) is 10.0. The Morgan fingerprint density at radius 3 is 1.37 bits per heavy atom. The number of methoxy groups -OCH3 is 1. The molecule has 2 unspecified atom stereocenters. The standard InChI is InChI=1S/C47H55N3O/c1-6-10-16-34(8-3)32-48-44-20-14-12-18-40(44)42-30-37(24-28-46(42)48)50(36-22-26-39(51-5)27-23-36)38-25-29-47-43(31-38)41-19-13-15-21-45(41)49(47)33-35(9-4)17-11-7-2/h12-15,18-31,34-35H,6-11,16-17,32-33H2,1-5H3. The van der Waals surface area contributed by atoms with Gasteiger partial charge in [-0.25, -0.2) is 0 Å². The lowest BCUT2D eigenvalue weighted by molar-refractivity contribution is 0.401. The highest BCUT2D eigenvalue weighted by Crippen LogP contribution is 2.42. The van der Waals surface area contributed by atoms with E-state index in [1.165, 1.54) is 95.0 Å². The predicted molar refractivity (Wildman–Crippen MR) is 220 cm³/mol. The van der Waals surface area contributed by atoms with Gasteiger partial charge in [0.15, 0.2) is 0 Å². The van der Waals surface area contributed by atoms with Crippen molar-refractivity contribution >= 4 is 60.7 Å². The molecule has 2 aromatic heterocycles. The highest BCUT2D eigenvalue weighted by Gasteiger charge is 2.21. The lowest BCUT2D eigenvalue weighted by Crippen LogP contribution is -2.11. The van der Waals surface area contributed by atoms with Crippen LogP contribution in [0.15, 0.2) is 109 Å². The van der Waals surface area contributed by atoms with Crippen molar-refractivity contribution in [3.05, 3.63) is 109 Å². The van der Waals surface area contributed by atoms with Crippen molar-refractivity contribution in [3.8, 4) is 5.75 Å². The number of fused-ring (bicyclic) bond motifs is 6. The Hall–Kier alpha value is -4.70. The van der Waals surface area contributed by atoms with Crippen molar-refractivity contribution in [1.82, 2.24) is 9.13 Å². The largest absolute Gasteiger partial charge is 0.497 e. The van der Waals surface area contributed by atoms with Crippen LogP contribution in [0.2, 0.25) is 0 Å². The SMILES string of the molecule is CCCCC(CC)Cn1c2ccccc2c2cc(N(c3ccc(OC)cc3)c3ccc4c(c3)c3ccccc3n4CC(CC)CCCC)ccc21. The van der Waals surface area contributed by atoms with Gasteiger partial charge in [-0.1, -0.05) is 103 Å². The van der Waals surface area contributed by atoms with Crippen LogP contribution < -0.4 is 9.64 Å². The first-order chi connectivity index (χ1) is 25.1. The van der Waals surface area contributed by atoms with Gasteiger partial charge in [0.2, 0.25) is 0 Å². The zero-order chi connectivity index (χ0) is 35.3. The van der Waals surface area contributed by atoms with Gasteiger partial charge in [-0.2, -0.15) is 0 Å². The molecular formula is C47H55N3O. The third kappa shape index (κ3) is 6.86. The zero-order valence-electron chi connectivity index (χ0n) is 31.4. The van der Waals surface area contributed by atoms with E-state index >= 15 is 0 Å². The van der Waals surface area contributed by atoms with Crippen molar-refractivity contribution < 1.29 is 4.74 Å². The number of para-hydroxylation sites is 2. The molecule has 0 spiro atoms. The molecule has 2 heterocycles. The molecule has 51 heavy (non-hydrogen) atoms. The summed E-state index contributed by atoms with van der Waals surface area (Å²) >= 11 is 0. The number of ether oxygens (including phenoxy) is 1. The summed E-state index contributed by atoms with van der Waals surface area (Å²) in [6, 6.07) is 40.6. The van der Waals surface area contributed by atoms with E-state index in [1.807, 2.05) is 0 Å². The smallest absolute Gasteiger partial charge is 0.119 e. The molecule has 0 aliphatic carbocycles. The minimum absolute atomic E-state index is 0.674. The number of hydrogen-bond acceptors (Lipinski definition) is 2. The lowest BCUT2D eigenvalue weighted by Gasteiger charge is -2.26. The summed E-state index contributed by atoms with van der Waals surface area (Å²) in [5.41, 5.74) is 8.71. The minimum Gasteiger partial charge on any atom is -0.497 e. The fraction of sp³-hybridized carbons (Fsp3) is 0.362.